The number of aliphatic imine (C=N–C) groups is 1. The van der Waals surface area contributed by atoms with Gasteiger partial charge in [0.1, 0.15) is 10.7 Å². The summed E-state index contributed by atoms with van der Waals surface area (Å²) in [5.74, 6) is -1.20. The molecule has 0 radical (unpaired) electrons. The van der Waals surface area contributed by atoms with Crippen LogP contribution in [0.4, 0.5) is 5.69 Å². The largest absolute Gasteiger partial charge is 1.00 e. The number of hydrogen-bond acceptors (Lipinski definition) is 5. The first-order valence-corrected chi connectivity index (χ1v) is 6.95. The van der Waals surface area contributed by atoms with Gasteiger partial charge in [-0.1, -0.05) is 17.7 Å². The smallest absolute Gasteiger partial charge is 0.861 e. The fraction of sp³-hybridized carbons (Fsp3) is 0.273. The summed E-state index contributed by atoms with van der Waals surface area (Å²) in [5.41, 5.74) is 0.0928. The molecule has 0 amide bonds. The number of benzene rings is 1. The minimum absolute atomic E-state index is 0. The maximum atomic E-state index is 11.5. The van der Waals surface area contributed by atoms with E-state index in [-0.39, 0.29) is 62.1 Å². The van der Waals surface area contributed by atoms with E-state index >= 15 is 0 Å². The molecule has 1 aromatic carbocycles. The van der Waals surface area contributed by atoms with E-state index in [1.807, 2.05) is 0 Å². The summed E-state index contributed by atoms with van der Waals surface area (Å²) in [6, 6.07) is 2.73. The van der Waals surface area contributed by atoms with Gasteiger partial charge in [-0.3, -0.25) is 14.3 Å². The van der Waals surface area contributed by atoms with E-state index in [2.05, 4.69) is 4.99 Å². The first-order valence-electron chi connectivity index (χ1n) is 5.13. The molecule has 0 spiro atoms. The molecule has 9 heteroatoms. The molecule has 0 saturated heterocycles. The number of nitrogens with zero attached hydrogens (tertiary/aromatic N) is 1. The minimum Gasteiger partial charge on any atom is -0.861 e. The normalized spacial score (nSPS) is 11.9. The Kier molecular flexibility index (Phi) is 8.07. The Morgan fingerprint density at radius 3 is 2.45 bits per heavy atom. The van der Waals surface area contributed by atoms with Gasteiger partial charge in [-0.25, -0.2) is 0 Å². The molecule has 0 heterocycles. The summed E-state index contributed by atoms with van der Waals surface area (Å²) in [6.45, 7) is 2.72. The van der Waals surface area contributed by atoms with E-state index in [1.165, 1.54) is 26.0 Å². The minimum atomic E-state index is -4.62. The fourth-order valence-electron chi connectivity index (χ4n) is 1.41. The Morgan fingerprint density at radius 2 is 2.00 bits per heavy atom. The van der Waals surface area contributed by atoms with Crippen molar-refractivity contribution >= 4 is 39.1 Å². The number of halogens is 1. The average molecular weight is 344 g/mol. The Morgan fingerprint density at radius 1 is 1.45 bits per heavy atom. The topological polar surface area (TPSA) is 107 Å². The Hall–Kier alpha value is 0.196. The molecule has 0 saturated carbocycles. The SMILES string of the molecule is CC(=O)CC([O-])=Nc1c(C)ccc(Cl)c1S(=O)(=O)O.[K+]. The quantitative estimate of drug-likeness (QED) is 0.302. The Labute approximate surface area is 164 Å². The van der Waals surface area contributed by atoms with Gasteiger partial charge in [0.15, 0.2) is 0 Å². The van der Waals surface area contributed by atoms with Crippen LogP contribution < -0.4 is 56.5 Å². The maximum absolute atomic E-state index is 11.5. The predicted molar refractivity (Wildman–Crippen MR) is 68.4 cm³/mol. The van der Waals surface area contributed by atoms with Crippen molar-refractivity contribution in [2.45, 2.75) is 25.2 Å². The molecule has 0 aromatic heterocycles. The van der Waals surface area contributed by atoms with Crippen LogP contribution in [0.3, 0.4) is 0 Å². The molecule has 0 aliphatic heterocycles. The summed E-state index contributed by atoms with van der Waals surface area (Å²) in [6.07, 6.45) is -0.448. The zero-order valence-electron chi connectivity index (χ0n) is 11.2. The monoisotopic (exact) mass is 343 g/mol. The fourth-order valence-corrected chi connectivity index (χ4v) is 2.62. The van der Waals surface area contributed by atoms with Crippen LogP contribution in [-0.2, 0) is 14.9 Å². The molecular formula is C11H11ClKNO5S. The number of rotatable bonds is 4. The predicted octanol–water partition coefficient (Wildman–Crippen LogP) is -1.73. The van der Waals surface area contributed by atoms with Crippen LogP contribution in [0.25, 0.3) is 0 Å². The molecule has 0 atom stereocenters. The molecular weight excluding hydrogens is 333 g/mol. The number of carbonyl (C=O) groups is 1. The second kappa shape index (κ2) is 7.99. The Balaban J connectivity index is 0.00000361. The summed E-state index contributed by atoms with van der Waals surface area (Å²) >= 11 is 5.70. The summed E-state index contributed by atoms with van der Waals surface area (Å²) in [4.78, 5) is 13.7. The molecule has 20 heavy (non-hydrogen) atoms. The van der Waals surface area contributed by atoms with Crippen LogP contribution >= 0.6 is 11.6 Å². The first-order chi connectivity index (χ1) is 8.62. The van der Waals surface area contributed by atoms with Gasteiger partial charge in [0, 0.05) is 6.42 Å². The van der Waals surface area contributed by atoms with Gasteiger partial charge in [0.25, 0.3) is 10.1 Å². The van der Waals surface area contributed by atoms with Crippen molar-refractivity contribution in [3.8, 4) is 0 Å². The molecule has 1 rings (SSSR count). The number of aryl methyl sites for hydroxylation is 1. The average Bonchev–Trinajstić information content (AvgIpc) is 2.20. The van der Waals surface area contributed by atoms with Crippen molar-refractivity contribution in [3.63, 3.8) is 0 Å². The third-order valence-corrected chi connectivity index (χ3v) is 3.54. The summed E-state index contributed by atoms with van der Waals surface area (Å²) < 4.78 is 31.6. The summed E-state index contributed by atoms with van der Waals surface area (Å²) in [7, 11) is -4.62. The second-order valence-corrected chi connectivity index (χ2v) is 5.67. The van der Waals surface area contributed by atoms with Crippen LogP contribution in [-0.4, -0.2) is 24.7 Å². The van der Waals surface area contributed by atoms with Crippen molar-refractivity contribution in [1.29, 1.82) is 0 Å². The third kappa shape index (κ3) is 5.53. The molecule has 0 fully saturated rings. The molecule has 104 valence electrons. The van der Waals surface area contributed by atoms with E-state index in [4.69, 9.17) is 16.2 Å². The Bertz CT molecular complexity index is 657. The van der Waals surface area contributed by atoms with Crippen molar-refractivity contribution in [2.24, 2.45) is 4.99 Å². The third-order valence-electron chi connectivity index (χ3n) is 2.18. The molecule has 1 N–H and O–H groups in total. The van der Waals surface area contributed by atoms with Gasteiger partial charge in [-0.05, 0) is 31.4 Å². The van der Waals surface area contributed by atoms with E-state index < -0.39 is 33.1 Å². The van der Waals surface area contributed by atoms with E-state index in [9.17, 15) is 18.3 Å². The molecule has 0 aliphatic rings. The maximum Gasteiger partial charge on any atom is 1.00 e. The van der Waals surface area contributed by atoms with E-state index in [0.717, 1.165) is 0 Å². The number of Topliss-reactive ketones (excluding diaryl/α,β-unsaturated/α-hetero) is 1. The van der Waals surface area contributed by atoms with E-state index in [1.54, 1.807) is 0 Å². The van der Waals surface area contributed by atoms with Crippen molar-refractivity contribution in [2.75, 3.05) is 0 Å². The van der Waals surface area contributed by atoms with Crippen molar-refractivity contribution in [3.05, 3.63) is 22.7 Å². The summed E-state index contributed by atoms with van der Waals surface area (Å²) in [5, 5.41) is 11.2. The van der Waals surface area contributed by atoms with Gasteiger partial charge in [-0.2, -0.15) is 8.42 Å². The molecule has 0 aliphatic carbocycles. The number of carbonyl (C=O) groups excluding carboxylic acids is 1. The van der Waals surface area contributed by atoms with Crippen LogP contribution in [0.1, 0.15) is 18.9 Å². The molecule has 1 aromatic rings. The van der Waals surface area contributed by atoms with Crippen molar-refractivity contribution in [1.82, 2.24) is 0 Å². The van der Waals surface area contributed by atoms with Gasteiger partial charge in [0.2, 0.25) is 0 Å². The molecule has 0 unspecified atom stereocenters. The first kappa shape index (κ1) is 20.2. The zero-order valence-corrected chi connectivity index (χ0v) is 15.9. The van der Waals surface area contributed by atoms with Gasteiger partial charge in [-0.15, -0.1) is 0 Å². The van der Waals surface area contributed by atoms with Crippen molar-refractivity contribution < 1.29 is 74.3 Å². The van der Waals surface area contributed by atoms with Gasteiger partial charge < -0.3 is 5.11 Å². The van der Waals surface area contributed by atoms with Crippen LogP contribution in [0.2, 0.25) is 5.02 Å². The molecule has 6 nitrogen and oxygen atoms in total. The number of ketones is 1. The van der Waals surface area contributed by atoms with Crippen LogP contribution in [0, 0.1) is 6.92 Å². The standard InChI is InChI=1S/C11H12ClNO5S.K/c1-6-3-4-8(12)11(19(16,17)18)10(6)13-9(15)5-7(2)14;/h3-4H,5H2,1-2H3,(H,13,15)(H,16,17,18);/q;+1/p-1. The number of hydrogen-bond donors (Lipinski definition) is 1. The van der Waals surface area contributed by atoms with Crippen LogP contribution in [0.5, 0.6) is 0 Å². The second-order valence-electron chi connectivity index (χ2n) is 3.90. The molecule has 0 bridgehead atoms. The van der Waals surface area contributed by atoms with Crippen LogP contribution in [0.15, 0.2) is 22.0 Å². The van der Waals surface area contributed by atoms with E-state index in [0.29, 0.717) is 5.56 Å². The van der Waals surface area contributed by atoms with Gasteiger partial charge in [0.05, 0.1) is 10.7 Å². The van der Waals surface area contributed by atoms with Gasteiger partial charge >= 0.3 is 51.4 Å². The zero-order chi connectivity index (χ0) is 14.8.